The number of carbonyl (C=O) groups is 3. The van der Waals surface area contributed by atoms with E-state index in [0.717, 1.165) is 5.69 Å². The molecule has 14 atom stereocenters. The van der Waals surface area contributed by atoms with Gasteiger partial charge in [-0.15, -0.1) is 0 Å². The van der Waals surface area contributed by atoms with Crippen molar-refractivity contribution in [2.24, 2.45) is 33.8 Å². The number of aromatic nitrogens is 2. The Kier molecular flexibility index (Phi) is 14.1. The molecule has 6 rings (SSSR count). The van der Waals surface area contributed by atoms with Crippen LogP contribution < -0.4 is 0 Å². The van der Waals surface area contributed by atoms with Gasteiger partial charge in [0.05, 0.1) is 48.5 Å². The Morgan fingerprint density at radius 3 is 2.40 bits per heavy atom. The van der Waals surface area contributed by atoms with Crippen molar-refractivity contribution < 1.29 is 53.1 Å². The number of ether oxygens (including phenoxy) is 5. The smallest absolute Gasteiger partial charge is 0.316 e. The predicted molar refractivity (Wildman–Crippen MR) is 220 cm³/mol. The number of cyclic esters (lactones) is 1. The molecule has 330 valence electrons. The molecule has 1 aromatic carbocycles. The van der Waals surface area contributed by atoms with Crippen LogP contribution >= 0.6 is 0 Å². The lowest BCUT2D eigenvalue weighted by molar-refractivity contribution is -0.296. The Balaban J connectivity index is 1.48. The third-order valence-electron chi connectivity index (χ3n) is 12.7. The summed E-state index contributed by atoms with van der Waals surface area (Å²) < 4.78 is 34.2. The highest BCUT2D eigenvalue weighted by Crippen LogP contribution is 2.40. The van der Waals surface area contributed by atoms with Crippen molar-refractivity contribution in [3.8, 4) is 5.69 Å². The molecule has 16 nitrogen and oxygen atoms in total. The molecule has 1 aromatic heterocycles. The zero-order valence-electron chi connectivity index (χ0n) is 36.5. The Morgan fingerprint density at radius 1 is 1.00 bits per heavy atom. The highest BCUT2D eigenvalue weighted by Gasteiger charge is 2.53. The largest absolute Gasteiger partial charge is 0.459 e. The number of fused-ring (bicyclic) bond motifs is 4. The SMILES string of the molecule is CC[C@H]1OC(=O)[C@H](C)C(=O)[C@H](C)[C@@H](O[C@@H]2O[C@H](C)C[C@H](N(C)C)[C@H]2O)[C@@]2(C)C[C@@H](C)C3=NC(=O)C(Cc4ccn(-c5ccccc5)n4)O/N=C(\CO[C@@H]([C@@H]3C)[C@]1(C)O)CO2. The summed E-state index contributed by atoms with van der Waals surface area (Å²) in [6, 6.07) is 11.1. The van der Waals surface area contributed by atoms with E-state index in [0.29, 0.717) is 17.8 Å². The van der Waals surface area contributed by atoms with Gasteiger partial charge in [0.1, 0.15) is 29.4 Å². The molecular weight excluding hydrogens is 775 g/mol. The van der Waals surface area contributed by atoms with Crippen molar-refractivity contribution in [2.75, 3.05) is 27.3 Å². The molecule has 0 spiro atoms. The fourth-order valence-corrected chi connectivity index (χ4v) is 9.32. The average molecular weight is 838 g/mol. The summed E-state index contributed by atoms with van der Waals surface area (Å²) in [7, 11) is 3.74. The number of aliphatic hydroxyl groups excluding tert-OH is 1. The number of rotatable bonds is 7. The van der Waals surface area contributed by atoms with E-state index in [4.69, 9.17) is 38.6 Å². The first-order valence-corrected chi connectivity index (χ1v) is 21.2. The second-order valence-electron chi connectivity index (χ2n) is 17.7. The van der Waals surface area contributed by atoms with E-state index < -0.39 is 89.3 Å². The van der Waals surface area contributed by atoms with Crippen molar-refractivity contribution in [1.82, 2.24) is 14.7 Å². The van der Waals surface area contributed by atoms with E-state index >= 15 is 0 Å². The number of benzene rings is 1. The van der Waals surface area contributed by atoms with E-state index in [1.807, 2.05) is 70.1 Å². The van der Waals surface area contributed by atoms with Gasteiger partial charge in [-0.05, 0) is 85.2 Å². The molecule has 3 fully saturated rings. The first-order valence-electron chi connectivity index (χ1n) is 21.2. The summed E-state index contributed by atoms with van der Waals surface area (Å²) in [4.78, 5) is 55.6. The van der Waals surface area contributed by atoms with Gasteiger partial charge in [-0.3, -0.25) is 14.4 Å². The van der Waals surface area contributed by atoms with E-state index in [1.54, 1.807) is 37.7 Å². The number of oxime groups is 1. The Bertz CT molecular complexity index is 1900. The molecule has 3 saturated heterocycles. The first kappa shape index (κ1) is 45.6. The normalized spacial score (nSPS) is 39.5. The minimum Gasteiger partial charge on any atom is -0.459 e. The number of carbonyl (C=O) groups excluding carboxylic acids is 3. The van der Waals surface area contributed by atoms with E-state index in [9.17, 15) is 24.6 Å². The van der Waals surface area contributed by atoms with E-state index in [2.05, 4.69) is 5.16 Å². The number of esters is 1. The van der Waals surface area contributed by atoms with Crippen LogP contribution in [0.4, 0.5) is 0 Å². The Labute approximate surface area is 352 Å². The Morgan fingerprint density at radius 2 is 1.72 bits per heavy atom. The maximum Gasteiger partial charge on any atom is 0.316 e. The van der Waals surface area contributed by atoms with Gasteiger partial charge in [0, 0.05) is 36.2 Å². The minimum atomic E-state index is -1.84. The van der Waals surface area contributed by atoms with E-state index in [1.165, 1.54) is 13.8 Å². The van der Waals surface area contributed by atoms with Crippen LogP contribution in [0.3, 0.4) is 0 Å². The van der Waals surface area contributed by atoms with Crippen LogP contribution in [0.5, 0.6) is 0 Å². The third kappa shape index (κ3) is 9.59. The van der Waals surface area contributed by atoms with E-state index in [-0.39, 0.29) is 50.3 Å². The number of nitrogens with zero attached hydrogens (tertiary/aromatic N) is 5. The lowest BCUT2D eigenvalue weighted by atomic mass is 9.73. The monoisotopic (exact) mass is 837 g/mol. The molecule has 60 heavy (non-hydrogen) atoms. The molecule has 0 radical (unpaired) electrons. The van der Waals surface area contributed by atoms with Gasteiger partial charge in [-0.25, -0.2) is 9.67 Å². The van der Waals surface area contributed by atoms with Crippen LogP contribution in [0.15, 0.2) is 52.7 Å². The fourth-order valence-electron chi connectivity index (χ4n) is 9.32. The van der Waals surface area contributed by atoms with Crippen molar-refractivity contribution >= 4 is 29.1 Å². The zero-order chi connectivity index (χ0) is 43.7. The summed E-state index contributed by atoms with van der Waals surface area (Å²) >= 11 is 0. The number of aliphatic imine (C=N–C) groups is 1. The highest BCUT2D eigenvalue weighted by molar-refractivity contribution is 6.01. The second kappa shape index (κ2) is 18.6. The lowest BCUT2D eigenvalue weighted by Crippen LogP contribution is -2.60. The van der Waals surface area contributed by atoms with Gasteiger partial charge in [0.2, 0.25) is 6.10 Å². The van der Waals surface area contributed by atoms with Crippen LogP contribution in [0, 0.1) is 23.7 Å². The lowest BCUT2D eigenvalue weighted by Gasteiger charge is -2.47. The fraction of sp³-hybridized carbons (Fsp3) is 0.682. The van der Waals surface area contributed by atoms with Gasteiger partial charge < -0.3 is 43.6 Å². The topological polar surface area (TPSA) is 193 Å². The second-order valence-corrected chi connectivity index (χ2v) is 17.7. The molecule has 2 N–H and O–H groups in total. The summed E-state index contributed by atoms with van der Waals surface area (Å²) in [6.07, 6.45) is -4.35. The summed E-state index contributed by atoms with van der Waals surface area (Å²) in [5, 5.41) is 33.2. The maximum atomic E-state index is 14.5. The molecule has 16 heteroatoms. The number of Topliss-reactive ketones (excluding diaryl/α,β-unsaturated/α-hetero) is 1. The quantitative estimate of drug-likeness (QED) is 0.303. The van der Waals surface area contributed by atoms with Crippen molar-refractivity contribution in [3.05, 3.63) is 48.3 Å². The molecular formula is C44H63N5O11. The van der Waals surface area contributed by atoms with Gasteiger partial charge in [-0.2, -0.15) is 5.10 Å². The molecule has 0 saturated carbocycles. The molecule has 4 aliphatic heterocycles. The van der Waals surface area contributed by atoms with Crippen LogP contribution in [-0.2, 0) is 49.3 Å². The molecule has 1 unspecified atom stereocenters. The molecule has 0 aliphatic carbocycles. The number of aliphatic hydroxyl groups is 2. The van der Waals surface area contributed by atoms with Crippen molar-refractivity contribution in [1.29, 1.82) is 0 Å². The summed E-state index contributed by atoms with van der Waals surface area (Å²) in [6.45, 7) is 13.4. The molecule has 2 aromatic rings. The van der Waals surface area contributed by atoms with Gasteiger partial charge in [0.25, 0.3) is 5.91 Å². The van der Waals surface area contributed by atoms with Gasteiger partial charge >= 0.3 is 5.97 Å². The first-order chi connectivity index (χ1) is 28.3. The number of hydrogen-bond acceptors (Lipinski definition) is 14. The molecule has 1 amide bonds. The van der Waals surface area contributed by atoms with Crippen molar-refractivity contribution in [2.45, 2.75) is 141 Å². The van der Waals surface area contributed by atoms with Crippen LogP contribution in [0.1, 0.15) is 80.3 Å². The van der Waals surface area contributed by atoms with Crippen LogP contribution in [0.2, 0.25) is 0 Å². The Hall–Kier alpha value is -3.90. The minimum absolute atomic E-state index is 0.0488. The third-order valence-corrected chi connectivity index (χ3v) is 12.7. The number of ketones is 1. The van der Waals surface area contributed by atoms with Gasteiger partial charge in [-0.1, -0.05) is 51.0 Å². The molecule has 4 aliphatic rings. The zero-order valence-corrected chi connectivity index (χ0v) is 36.5. The number of hydrogen-bond donors (Lipinski definition) is 2. The number of para-hydroxylation sites is 1. The molecule has 5 heterocycles. The highest BCUT2D eigenvalue weighted by atomic mass is 16.7. The van der Waals surface area contributed by atoms with Crippen LogP contribution in [0.25, 0.3) is 5.69 Å². The molecule has 4 bridgehead atoms. The maximum absolute atomic E-state index is 14.5. The standard InChI is InChI=1S/C44H63N5O11/c1-11-34-44(8,54)39-26(4)35-24(2)21-43(7,38(27(5)36(50)28(6)41(53)58-34)59-42-37(51)32(48(9)10)19-25(3)57-42)56-23-30(22-55-39)47-60-33(40(52)45-35)20-29-17-18-49(46-29)31-15-13-12-14-16-31/h12-18,24-28,32-34,37-39,42,51,54H,11,19-23H2,1-10H3/b45-35?,47-30+/t24-,25-,26-,27+,28-,32+,33?,34-,37-,38-,39+,42+,43-,44-/m1/s1. The summed E-state index contributed by atoms with van der Waals surface area (Å²) in [5.41, 5.74) is -1.19. The number of likely N-dealkylation sites (N-methyl/N-ethyl adjacent to an activating group) is 1. The number of amides is 1. The average Bonchev–Trinajstić information content (AvgIpc) is 3.67. The van der Waals surface area contributed by atoms with Gasteiger partial charge in [0.15, 0.2) is 12.1 Å². The van der Waals surface area contributed by atoms with Crippen molar-refractivity contribution in [3.63, 3.8) is 0 Å². The predicted octanol–water partition coefficient (Wildman–Crippen LogP) is 3.71. The van der Waals surface area contributed by atoms with Crippen LogP contribution in [-0.4, -0.2) is 141 Å². The summed E-state index contributed by atoms with van der Waals surface area (Å²) in [5.74, 6) is -5.50.